The molecule has 0 bridgehead atoms. The molecule has 3 rings (SSSR count). The molecule has 5 nitrogen and oxygen atoms in total. The predicted octanol–water partition coefficient (Wildman–Crippen LogP) is 1.84. The molecule has 0 radical (unpaired) electrons. The number of likely N-dealkylation sites (tertiary alicyclic amines) is 1. The first kappa shape index (κ1) is 14.9. The van der Waals surface area contributed by atoms with Crippen LogP contribution in [-0.4, -0.2) is 36.0 Å². The number of carbonyl (C=O) groups is 2. The van der Waals surface area contributed by atoms with Gasteiger partial charge in [0.2, 0.25) is 0 Å². The van der Waals surface area contributed by atoms with Gasteiger partial charge in [0.05, 0.1) is 0 Å². The van der Waals surface area contributed by atoms with Crippen molar-refractivity contribution < 1.29 is 9.59 Å². The Bertz CT molecular complexity index is 585. The molecule has 118 valence electrons. The average molecular weight is 301 g/mol. The van der Waals surface area contributed by atoms with Gasteiger partial charge in [0, 0.05) is 24.7 Å². The quantitative estimate of drug-likeness (QED) is 0.894. The number of amides is 3. The molecule has 1 aliphatic carbocycles. The summed E-state index contributed by atoms with van der Waals surface area (Å²) in [7, 11) is 0. The molecule has 1 aliphatic heterocycles. The standard InChI is InChI=1S/C17H23N3O2/c18-17(22)19-11-13-7-1-2-10-20(13)16(21)15-9-4-6-12-5-3-8-14(12)15/h4,6,9,13H,1-3,5,7-8,10-11H2,(H3,18,19,22). The smallest absolute Gasteiger partial charge is 0.312 e. The number of urea groups is 1. The number of fused-ring (bicyclic) bond motifs is 1. The summed E-state index contributed by atoms with van der Waals surface area (Å²) in [6, 6.07) is 5.57. The Morgan fingerprint density at radius 1 is 1.23 bits per heavy atom. The maximum atomic E-state index is 13.0. The summed E-state index contributed by atoms with van der Waals surface area (Å²) in [6.45, 7) is 1.20. The average Bonchev–Trinajstić information content (AvgIpc) is 3.01. The van der Waals surface area contributed by atoms with E-state index < -0.39 is 6.03 Å². The van der Waals surface area contributed by atoms with Crippen molar-refractivity contribution in [3.8, 4) is 0 Å². The minimum absolute atomic E-state index is 0.0472. The number of hydrogen-bond donors (Lipinski definition) is 2. The number of aryl methyl sites for hydroxylation is 1. The molecule has 3 amide bonds. The Kier molecular flexibility index (Phi) is 4.32. The van der Waals surface area contributed by atoms with Gasteiger partial charge in [0.25, 0.3) is 5.91 Å². The van der Waals surface area contributed by atoms with Crippen LogP contribution in [0.25, 0.3) is 0 Å². The van der Waals surface area contributed by atoms with Gasteiger partial charge in [-0.05, 0) is 55.7 Å². The highest BCUT2D eigenvalue weighted by Crippen LogP contribution is 2.28. The van der Waals surface area contributed by atoms with Gasteiger partial charge in [-0.2, -0.15) is 0 Å². The monoisotopic (exact) mass is 301 g/mol. The fraction of sp³-hybridized carbons (Fsp3) is 0.529. The number of hydrogen-bond acceptors (Lipinski definition) is 2. The highest BCUT2D eigenvalue weighted by Gasteiger charge is 2.29. The van der Waals surface area contributed by atoms with E-state index in [1.54, 1.807) is 0 Å². The molecule has 2 aliphatic rings. The summed E-state index contributed by atoms with van der Waals surface area (Å²) in [6.07, 6.45) is 6.22. The summed E-state index contributed by atoms with van der Waals surface area (Å²) in [5.74, 6) is 0.106. The van der Waals surface area contributed by atoms with Crippen LogP contribution in [0.1, 0.15) is 47.2 Å². The first-order valence-corrected chi connectivity index (χ1v) is 8.12. The second-order valence-electron chi connectivity index (χ2n) is 6.19. The summed E-state index contributed by atoms with van der Waals surface area (Å²) in [5.41, 5.74) is 8.55. The Hall–Kier alpha value is -2.04. The van der Waals surface area contributed by atoms with Crippen molar-refractivity contribution in [2.75, 3.05) is 13.1 Å². The van der Waals surface area contributed by atoms with Gasteiger partial charge in [-0.25, -0.2) is 4.79 Å². The third-order valence-electron chi connectivity index (χ3n) is 4.78. The zero-order valence-electron chi connectivity index (χ0n) is 12.8. The van der Waals surface area contributed by atoms with E-state index in [0.29, 0.717) is 6.54 Å². The molecule has 1 aromatic rings. The van der Waals surface area contributed by atoms with E-state index in [4.69, 9.17) is 5.73 Å². The zero-order valence-corrected chi connectivity index (χ0v) is 12.8. The molecule has 5 heteroatoms. The lowest BCUT2D eigenvalue weighted by Gasteiger charge is -2.36. The second kappa shape index (κ2) is 6.38. The Balaban J connectivity index is 1.80. The number of carbonyl (C=O) groups excluding carboxylic acids is 2. The van der Waals surface area contributed by atoms with Gasteiger partial charge in [-0.15, -0.1) is 0 Å². The van der Waals surface area contributed by atoms with Gasteiger partial charge in [-0.1, -0.05) is 12.1 Å². The van der Waals surface area contributed by atoms with Gasteiger partial charge in [0.15, 0.2) is 0 Å². The number of rotatable bonds is 3. The van der Waals surface area contributed by atoms with Gasteiger partial charge in [-0.3, -0.25) is 4.79 Å². The van der Waals surface area contributed by atoms with Crippen LogP contribution in [0.3, 0.4) is 0 Å². The van der Waals surface area contributed by atoms with E-state index in [9.17, 15) is 9.59 Å². The number of nitrogens with zero attached hydrogens (tertiary/aromatic N) is 1. The van der Waals surface area contributed by atoms with Crippen molar-refractivity contribution in [3.63, 3.8) is 0 Å². The van der Waals surface area contributed by atoms with E-state index >= 15 is 0 Å². The molecule has 3 N–H and O–H groups in total. The number of nitrogens with two attached hydrogens (primary N) is 1. The number of benzene rings is 1. The normalized spacial score (nSPS) is 20.5. The molecule has 1 heterocycles. The molecular weight excluding hydrogens is 278 g/mol. The highest BCUT2D eigenvalue weighted by atomic mass is 16.2. The van der Waals surface area contributed by atoms with E-state index in [0.717, 1.165) is 50.6 Å². The molecule has 22 heavy (non-hydrogen) atoms. The van der Waals surface area contributed by atoms with Crippen molar-refractivity contribution in [2.24, 2.45) is 5.73 Å². The SMILES string of the molecule is NC(=O)NCC1CCCCN1C(=O)c1cccc2c1CCC2. The molecule has 0 aromatic heterocycles. The fourth-order valence-corrected chi connectivity index (χ4v) is 3.67. The summed E-state index contributed by atoms with van der Waals surface area (Å²) in [5, 5.41) is 2.65. The van der Waals surface area contributed by atoms with Crippen LogP contribution in [0.15, 0.2) is 18.2 Å². The molecular formula is C17H23N3O2. The van der Waals surface area contributed by atoms with Crippen LogP contribution in [0, 0.1) is 0 Å². The number of nitrogens with one attached hydrogen (secondary N) is 1. The fourth-order valence-electron chi connectivity index (χ4n) is 3.67. The first-order valence-electron chi connectivity index (χ1n) is 8.12. The largest absolute Gasteiger partial charge is 0.352 e. The lowest BCUT2D eigenvalue weighted by Crippen LogP contribution is -2.50. The molecule has 1 fully saturated rings. The van der Waals surface area contributed by atoms with Crippen molar-refractivity contribution in [3.05, 3.63) is 34.9 Å². The van der Waals surface area contributed by atoms with Crippen LogP contribution in [0.5, 0.6) is 0 Å². The second-order valence-corrected chi connectivity index (χ2v) is 6.19. The molecule has 1 atom stereocenters. The van der Waals surface area contributed by atoms with E-state index in [1.807, 2.05) is 17.0 Å². The predicted molar refractivity (Wildman–Crippen MR) is 84.7 cm³/mol. The number of piperidine rings is 1. The minimum Gasteiger partial charge on any atom is -0.352 e. The van der Waals surface area contributed by atoms with E-state index in [1.165, 1.54) is 11.1 Å². The highest BCUT2D eigenvalue weighted by molar-refractivity contribution is 5.96. The van der Waals surface area contributed by atoms with Crippen molar-refractivity contribution in [1.82, 2.24) is 10.2 Å². The lowest BCUT2D eigenvalue weighted by atomic mass is 9.97. The zero-order chi connectivity index (χ0) is 15.5. The van der Waals surface area contributed by atoms with Crippen molar-refractivity contribution in [1.29, 1.82) is 0 Å². The van der Waals surface area contributed by atoms with E-state index in [2.05, 4.69) is 11.4 Å². The van der Waals surface area contributed by atoms with Crippen molar-refractivity contribution in [2.45, 2.75) is 44.6 Å². The van der Waals surface area contributed by atoms with Crippen LogP contribution < -0.4 is 11.1 Å². The van der Waals surface area contributed by atoms with Gasteiger partial charge >= 0.3 is 6.03 Å². The Labute approximate surface area is 130 Å². The Morgan fingerprint density at radius 3 is 2.91 bits per heavy atom. The Morgan fingerprint density at radius 2 is 2.09 bits per heavy atom. The van der Waals surface area contributed by atoms with Gasteiger partial charge in [0.1, 0.15) is 0 Å². The minimum atomic E-state index is -0.529. The first-order chi connectivity index (χ1) is 10.7. The van der Waals surface area contributed by atoms with Gasteiger partial charge < -0.3 is 16.0 Å². The van der Waals surface area contributed by atoms with Crippen LogP contribution in [0.2, 0.25) is 0 Å². The molecule has 1 saturated heterocycles. The maximum Gasteiger partial charge on any atom is 0.312 e. The molecule has 1 aromatic carbocycles. The molecule has 1 unspecified atom stereocenters. The lowest BCUT2D eigenvalue weighted by molar-refractivity contribution is 0.0614. The molecule has 0 spiro atoms. The maximum absolute atomic E-state index is 13.0. The topological polar surface area (TPSA) is 75.4 Å². The van der Waals surface area contributed by atoms with Crippen molar-refractivity contribution >= 4 is 11.9 Å². The third-order valence-corrected chi connectivity index (χ3v) is 4.78. The summed E-state index contributed by atoms with van der Waals surface area (Å²) < 4.78 is 0. The third kappa shape index (κ3) is 2.93. The number of primary amides is 1. The summed E-state index contributed by atoms with van der Waals surface area (Å²) >= 11 is 0. The molecule has 0 saturated carbocycles. The summed E-state index contributed by atoms with van der Waals surface area (Å²) in [4.78, 5) is 25.9. The van der Waals surface area contributed by atoms with E-state index in [-0.39, 0.29) is 11.9 Å². The van der Waals surface area contributed by atoms with Crippen LogP contribution in [-0.2, 0) is 12.8 Å². The van der Waals surface area contributed by atoms with Crippen LogP contribution >= 0.6 is 0 Å². The van der Waals surface area contributed by atoms with Crippen LogP contribution in [0.4, 0.5) is 4.79 Å².